The monoisotopic (exact) mass is 425 g/mol. The number of benzene rings is 1. The Morgan fingerprint density at radius 2 is 1.83 bits per heavy atom. The molecule has 30 heavy (non-hydrogen) atoms. The Morgan fingerprint density at radius 1 is 1.10 bits per heavy atom. The lowest BCUT2D eigenvalue weighted by Crippen LogP contribution is -2.52. The molecule has 0 spiro atoms. The Balaban J connectivity index is 1.29. The van der Waals surface area contributed by atoms with Gasteiger partial charge in [0.2, 0.25) is 5.91 Å². The average Bonchev–Trinajstić information content (AvgIpc) is 3.41. The van der Waals surface area contributed by atoms with Gasteiger partial charge in [0.25, 0.3) is 0 Å². The first-order valence-electron chi connectivity index (χ1n) is 10.6. The number of fused-ring (bicyclic) bond motifs is 3. The summed E-state index contributed by atoms with van der Waals surface area (Å²) in [6.07, 6.45) is 2.24. The topological polar surface area (TPSA) is 53.1 Å². The molecule has 4 aliphatic rings. The van der Waals surface area contributed by atoms with Gasteiger partial charge in [-0.25, -0.2) is 4.79 Å². The Hall–Kier alpha value is -2.38. The number of piperidine rings is 3. The molecular formula is C23H27N3O3S. The van der Waals surface area contributed by atoms with Crippen LogP contribution in [-0.2, 0) is 9.53 Å². The minimum Gasteiger partial charge on any atom is -0.444 e. The van der Waals surface area contributed by atoms with E-state index in [0.717, 1.165) is 27.7 Å². The van der Waals surface area contributed by atoms with Gasteiger partial charge in [-0.15, -0.1) is 11.3 Å². The van der Waals surface area contributed by atoms with Crippen LogP contribution < -0.4 is 9.80 Å². The number of carbonyl (C=O) groups excluding carboxylic acids is 2. The molecule has 2 amide bonds. The van der Waals surface area contributed by atoms with Gasteiger partial charge >= 0.3 is 6.09 Å². The molecule has 1 aromatic heterocycles. The van der Waals surface area contributed by atoms with Crippen molar-refractivity contribution in [3.05, 3.63) is 36.4 Å². The summed E-state index contributed by atoms with van der Waals surface area (Å²) in [5, 5.41) is 0.934. The zero-order valence-corrected chi connectivity index (χ0v) is 18.2. The average molecular weight is 426 g/mol. The van der Waals surface area contributed by atoms with Crippen molar-refractivity contribution in [1.29, 1.82) is 0 Å². The van der Waals surface area contributed by atoms with E-state index in [2.05, 4.69) is 11.0 Å². The lowest BCUT2D eigenvalue weighted by atomic mass is 9.76. The highest BCUT2D eigenvalue weighted by Crippen LogP contribution is 2.40. The van der Waals surface area contributed by atoms with E-state index in [0.29, 0.717) is 18.4 Å². The van der Waals surface area contributed by atoms with E-state index in [1.165, 1.54) is 25.9 Å². The summed E-state index contributed by atoms with van der Waals surface area (Å²) in [6.45, 7) is 5.66. The molecule has 4 aliphatic heterocycles. The van der Waals surface area contributed by atoms with Crippen molar-refractivity contribution in [3.63, 3.8) is 0 Å². The Bertz CT molecular complexity index is 949. The van der Waals surface area contributed by atoms with Crippen LogP contribution in [0, 0.1) is 11.8 Å². The van der Waals surface area contributed by atoms with Gasteiger partial charge < -0.3 is 14.5 Å². The maximum absolute atomic E-state index is 12.6. The highest BCUT2D eigenvalue weighted by molar-refractivity contribution is 7.19. The van der Waals surface area contributed by atoms with Crippen LogP contribution in [0.1, 0.15) is 19.8 Å². The van der Waals surface area contributed by atoms with E-state index in [1.54, 1.807) is 35.1 Å². The number of carbonyl (C=O) groups is 2. The molecule has 0 aliphatic carbocycles. The molecule has 0 N–H and O–H groups in total. The fourth-order valence-electron chi connectivity index (χ4n) is 4.98. The Kier molecular flexibility index (Phi) is 5.03. The van der Waals surface area contributed by atoms with Crippen LogP contribution in [-0.4, -0.2) is 56.2 Å². The standard InChI is InChI=1S/C23H27N3O3S/c1-15(27)24(2)18-5-3-17(4-6-18)21-7-8-22(30-21)26-14-20(29-23(26)28)19-13-25-11-9-16(19)10-12-25/h3-8,16,19-20H,9-14H2,1-2H3. The van der Waals surface area contributed by atoms with Crippen LogP contribution in [0.15, 0.2) is 36.4 Å². The first-order chi connectivity index (χ1) is 14.5. The van der Waals surface area contributed by atoms with Gasteiger partial charge in [-0.2, -0.15) is 0 Å². The molecule has 0 radical (unpaired) electrons. The molecule has 4 fully saturated rings. The summed E-state index contributed by atoms with van der Waals surface area (Å²) >= 11 is 1.61. The van der Waals surface area contributed by atoms with E-state index in [-0.39, 0.29) is 18.1 Å². The highest BCUT2D eigenvalue weighted by Gasteiger charge is 2.45. The van der Waals surface area contributed by atoms with Crippen LogP contribution in [0.4, 0.5) is 15.5 Å². The number of cyclic esters (lactones) is 1. The first kappa shape index (κ1) is 19.6. The van der Waals surface area contributed by atoms with Crippen LogP contribution >= 0.6 is 11.3 Å². The maximum Gasteiger partial charge on any atom is 0.415 e. The molecule has 5 heterocycles. The van der Waals surface area contributed by atoms with Crippen molar-refractivity contribution in [2.45, 2.75) is 25.9 Å². The summed E-state index contributed by atoms with van der Waals surface area (Å²) in [4.78, 5) is 31.2. The molecule has 6 nitrogen and oxygen atoms in total. The number of nitrogens with zero attached hydrogens (tertiary/aromatic N) is 3. The number of rotatable bonds is 4. The van der Waals surface area contributed by atoms with Gasteiger partial charge in [0.05, 0.1) is 6.54 Å². The first-order valence-corrected chi connectivity index (χ1v) is 11.5. The third kappa shape index (κ3) is 3.50. The zero-order chi connectivity index (χ0) is 20.8. The van der Waals surface area contributed by atoms with Crippen molar-refractivity contribution in [3.8, 4) is 10.4 Å². The summed E-state index contributed by atoms with van der Waals surface area (Å²) in [7, 11) is 1.77. The molecule has 1 aromatic carbocycles. The smallest absolute Gasteiger partial charge is 0.415 e. The molecule has 2 unspecified atom stereocenters. The van der Waals surface area contributed by atoms with E-state index < -0.39 is 0 Å². The van der Waals surface area contributed by atoms with Crippen LogP contribution in [0.25, 0.3) is 10.4 Å². The van der Waals surface area contributed by atoms with Gasteiger partial charge in [0.1, 0.15) is 11.1 Å². The van der Waals surface area contributed by atoms with E-state index in [1.807, 2.05) is 30.3 Å². The van der Waals surface area contributed by atoms with Gasteiger partial charge in [-0.3, -0.25) is 9.69 Å². The molecule has 0 saturated carbocycles. The SMILES string of the molecule is CC(=O)N(C)c1ccc(-c2ccc(N3CC(C4CN5CCC4CC5)OC3=O)s2)cc1. The minimum atomic E-state index is -0.219. The minimum absolute atomic E-state index is 0.00227. The van der Waals surface area contributed by atoms with Crippen molar-refractivity contribution >= 4 is 34.0 Å². The molecule has 6 rings (SSSR count). The fourth-order valence-corrected chi connectivity index (χ4v) is 5.99. The van der Waals surface area contributed by atoms with Crippen LogP contribution in [0.2, 0.25) is 0 Å². The van der Waals surface area contributed by atoms with E-state index in [4.69, 9.17) is 4.74 Å². The van der Waals surface area contributed by atoms with Crippen molar-refractivity contribution < 1.29 is 14.3 Å². The summed E-state index contributed by atoms with van der Waals surface area (Å²) in [6, 6.07) is 12.0. The molecule has 2 bridgehead atoms. The van der Waals surface area contributed by atoms with Crippen molar-refractivity contribution in [1.82, 2.24) is 4.90 Å². The van der Waals surface area contributed by atoms with E-state index in [9.17, 15) is 9.59 Å². The molecule has 4 saturated heterocycles. The predicted octanol–water partition coefficient (Wildman–Crippen LogP) is 4.06. The van der Waals surface area contributed by atoms with Gasteiger partial charge in [-0.05, 0) is 61.7 Å². The second-order valence-electron chi connectivity index (χ2n) is 8.60. The highest BCUT2D eigenvalue weighted by atomic mass is 32.1. The largest absolute Gasteiger partial charge is 0.444 e. The lowest BCUT2D eigenvalue weighted by molar-refractivity contribution is -0.116. The maximum atomic E-state index is 12.6. The Labute approximate surface area is 181 Å². The van der Waals surface area contributed by atoms with Crippen molar-refractivity contribution in [2.24, 2.45) is 11.8 Å². The molecular weight excluding hydrogens is 398 g/mol. The lowest BCUT2D eigenvalue weighted by Gasteiger charge is -2.46. The summed E-state index contributed by atoms with van der Waals surface area (Å²) in [5.41, 5.74) is 1.94. The third-order valence-electron chi connectivity index (χ3n) is 6.89. The Morgan fingerprint density at radius 3 is 2.47 bits per heavy atom. The fraction of sp³-hybridized carbons (Fsp3) is 0.478. The number of amides is 2. The molecule has 2 atom stereocenters. The van der Waals surface area contributed by atoms with Crippen molar-refractivity contribution in [2.75, 3.05) is 43.0 Å². The van der Waals surface area contributed by atoms with Crippen LogP contribution in [0.5, 0.6) is 0 Å². The quantitative estimate of drug-likeness (QED) is 0.741. The summed E-state index contributed by atoms with van der Waals surface area (Å²) in [5.74, 6) is 1.16. The number of ether oxygens (including phenoxy) is 1. The molecule has 2 aromatic rings. The second kappa shape index (κ2) is 7.71. The second-order valence-corrected chi connectivity index (χ2v) is 9.66. The van der Waals surface area contributed by atoms with Gasteiger partial charge in [0.15, 0.2) is 0 Å². The van der Waals surface area contributed by atoms with Gasteiger partial charge in [-0.1, -0.05) is 12.1 Å². The number of hydrogen-bond acceptors (Lipinski definition) is 5. The third-order valence-corrected chi connectivity index (χ3v) is 8.05. The van der Waals surface area contributed by atoms with E-state index >= 15 is 0 Å². The number of hydrogen-bond donors (Lipinski definition) is 0. The number of anilines is 2. The summed E-state index contributed by atoms with van der Waals surface area (Å²) < 4.78 is 5.83. The molecule has 158 valence electrons. The van der Waals surface area contributed by atoms with Gasteiger partial charge in [0, 0.05) is 37.0 Å². The van der Waals surface area contributed by atoms with Crippen LogP contribution in [0.3, 0.4) is 0 Å². The predicted molar refractivity (Wildman–Crippen MR) is 119 cm³/mol. The number of thiophene rings is 1. The zero-order valence-electron chi connectivity index (χ0n) is 17.4. The molecule has 7 heteroatoms. The normalized spacial score (nSPS) is 27.9.